The minimum absolute atomic E-state index is 0.111. The maximum Gasteiger partial charge on any atom is 0.307 e. The number of carbonyl (C=O) groups excluding carboxylic acids is 1. The summed E-state index contributed by atoms with van der Waals surface area (Å²) in [6.45, 7) is 1.99. The molecule has 5 heteroatoms. The molecule has 3 aromatic rings. The van der Waals surface area contributed by atoms with Crippen LogP contribution in [-0.4, -0.2) is 22.6 Å². The van der Waals surface area contributed by atoms with Crippen molar-refractivity contribution in [3.63, 3.8) is 0 Å². The summed E-state index contributed by atoms with van der Waals surface area (Å²) < 4.78 is 6.45. The van der Waals surface area contributed by atoms with Crippen molar-refractivity contribution in [3.05, 3.63) is 63.9 Å². The maximum absolute atomic E-state index is 13.0. The Hall–Kier alpha value is -2.95. The van der Waals surface area contributed by atoms with Crippen LogP contribution in [0, 0.1) is 6.92 Å². The number of carbonyl (C=O) groups is 1. The van der Waals surface area contributed by atoms with Gasteiger partial charge in [0.15, 0.2) is 0 Å². The summed E-state index contributed by atoms with van der Waals surface area (Å²) in [5, 5.41) is 0.556. The van der Waals surface area contributed by atoms with Crippen molar-refractivity contribution in [1.29, 1.82) is 0 Å². The molecule has 1 aliphatic heterocycles. The Bertz CT molecular complexity index is 1040. The first-order valence-corrected chi connectivity index (χ1v) is 7.79. The van der Waals surface area contributed by atoms with Gasteiger partial charge in [0.1, 0.15) is 5.82 Å². The Kier molecular flexibility index (Phi) is 3.23. The first kappa shape index (κ1) is 14.6. The van der Waals surface area contributed by atoms with E-state index >= 15 is 0 Å². The van der Waals surface area contributed by atoms with Gasteiger partial charge in [-0.05, 0) is 24.6 Å². The molecule has 0 spiro atoms. The molecule has 0 saturated carbocycles. The number of hydrogen-bond acceptors (Lipinski definition) is 4. The molecule has 1 aliphatic rings. The van der Waals surface area contributed by atoms with E-state index in [9.17, 15) is 9.59 Å². The number of benzene rings is 2. The molecular weight excluding hydrogens is 304 g/mol. The number of nitrogens with zero attached hydrogens (tertiary/aromatic N) is 2. The highest BCUT2D eigenvalue weighted by Crippen LogP contribution is 2.39. The number of fused-ring (bicyclic) bond motifs is 4. The molecule has 1 aromatic heterocycles. The van der Waals surface area contributed by atoms with Crippen molar-refractivity contribution < 1.29 is 9.53 Å². The SMILES string of the molecule is COC(=O)CC1c2cc(C)ccc2-c2nc3ccccc3c(=O)n21. The Morgan fingerprint density at radius 1 is 1.25 bits per heavy atom. The summed E-state index contributed by atoms with van der Waals surface area (Å²) >= 11 is 0. The van der Waals surface area contributed by atoms with E-state index in [2.05, 4.69) is 4.98 Å². The maximum atomic E-state index is 13.0. The van der Waals surface area contributed by atoms with Gasteiger partial charge in [0.25, 0.3) is 5.56 Å². The smallest absolute Gasteiger partial charge is 0.307 e. The third-order valence-corrected chi connectivity index (χ3v) is 4.51. The lowest BCUT2D eigenvalue weighted by Crippen LogP contribution is -2.26. The van der Waals surface area contributed by atoms with Crippen molar-refractivity contribution in [2.24, 2.45) is 0 Å². The second-order valence-corrected chi connectivity index (χ2v) is 6.01. The van der Waals surface area contributed by atoms with Crippen molar-refractivity contribution in [3.8, 4) is 11.4 Å². The van der Waals surface area contributed by atoms with E-state index in [1.54, 1.807) is 10.6 Å². The molecule has 2 aromatic carbocycles. The highest BCUT2D eigenvalue weighted by molar-refractivity contribution is 5.82. The molecule has 2 heterocycles. The van der Waals surface area contributed by atoms with Gasteiger partial charge >= 0.3 is 5.97 Å². The number of aromatic nitrogens is 2. The van der Waals surface area contributed by atoms with Crippen molar-refractivity contribution in [2.75, 3.05) is 7.11 Å². The number of rotatable bonds is 2. The lowest BCUT2D eigenvalue weighted by Gasteiger charge is -2.15. The molecule has 0 bridgehead atoms. The molecule has 1 atom stereocenters. The van der Waals surface area contributed by atoms with Gasteiger partial charge in [0, 0.05) is 5.56 Å². The van der Waals surface area contributed by atoms with Crippen LogP contribution in [-0.2, 0) is 9.53 Å². The highest BCUT2D eigenvalue weighted by atomic mass is 16.5. The van der Waals surface area contributed by atoms with Crippen LogP contribution in [0.3, 0.4) is 0 Å². The largest absolute Gasteiger partial charge is 0.469 e. The fraction of sp³-hybridized carbons (Fsp3) is 0.211. The molecule has 4 rings (SSSR count). The zero-order valence-corrected chi connectivity index (χ0v) is 13.4. The summed E-state index contributed by atoms with van der Waals surface area (Å²) in [5.74, 6) is 0.267. The van der Waals surface area contributed by atoms with Crippen LogP contribution in [0.15, 0.2) is 47.3 Å². The Balaban J connectivity index is 2.04. The third-order valence-electron chi connectivity index (χ3n) is 4.51. The van der Waals surface area contributed by atoms with E-state index in [0.29, 0.717) is 16.7 Å². The molecule has 0 aliphatic carbocycles. The van der Waals surface area contributed by atoms with Crippen LogP contribution in [0.25, 0.3) is 22.3 Å². The van der Waals surface area contributed by atoms with Crippen LogP contribution in [0.5, 0.6) is 0 Å². The lowest BCUT2D eigenvalue weighted by molar-refractivity contribution is -0.141. The Morgan fingerprint density at radius 2 is 2.04 bits per heavy atom. The summed E-state index contributed by atoms with van der Waals surface area (Å²) in [4.78, 5) is 29.6. The molecule has 24 heavy (non-hydrogen) atoms. The summed E-state index contributed by atoms with van der Waals surface area (Å²) in [6.07, 6.45) is 0.111. The molecule has 0 N–H and O–H groups in total. The molecule has 0 radical (unpaired) electrons. The van der Waals surface area contributed by atoms with E-state index in [1.165, 1.54) is 7.11 Å². The van der Waals surface area contributed by atoms with Gasteiger partial charge in [-0.25, -0.2) is 4.98 Å². The first-order valence-electron chi connectivity index (χ1n) is 7.79. The highest BCUT2D eigenvalue weighted by Gasteiger charge is 2.33. The van der Waals surface area contributed by atoms with Gasteiger partial charge in [-0.15, -0.1) is 0 Å². The van der Waals surface area contributed by atoms with Crippen molar-refractivity contribution >= 4 is 16.9 Å². The second-order valence-electron chi connectivity index (χ2n) is 6.01. The molecule has 120 valence electrons. The van der Waals surface area contributed by atoms with Gasteiger partial charge < -0.3 is 4.74 Å². The number of hydrogen-bond donors (Lipinski definition) is 0. The normalized spacial score (nSPS) is 15.2. The molecule has 0 amide bonds. The Labute approximate surface area is 138 Å². The minimum Gasteiger partial charge on any atom is -0.469 e. The molecule has 1 unspecified atom stereocenters. The summed E-state index contributed by atoms with van der Waals surface area (Å²) in [6, 6.07) is 12.9. The topological polar surface area (TPSA) is 61.2 Å². The lowest BCUT2D eigenvalue weighted by atomic mass is 9.99. The molecule has 0 fully saturated rings. The molecule has 0 saturated heterocycles. The number of methoxy groups -OCH3 is 1. The standard InChI is InChI=1S/C19H16N2O3/c1-11-7-8-12-14(9-11)16(10-17(22)24-2)21-18(12)20-15-6-4-3-5-13(15)19(21)23/h3-9,16H,10H2,1-2H3. The van der Waals surface area contributed by atoms with Crippen molar-refractivity contribution in [1.82, 2.24) is 9.55 Å². The average molecular weight is 320 g/mol. The van der Waals surface area contributed by atoms with E-state index < -0.39 is 0 Å². The monoisotopic (exact) mass is 320 g/mol. The van der Waals surface area contributed by atoms with Gasteiger partial charge in [0.05, 0.1) is 30.5 Å². The predicted molar refractivity (Wildman–Crippen MR) is 90.9 cm³/mol. The van der Waals surface area contributed by atoms with E-state index in [4.69, 9.17) is 4.74 Å². The van der Waals surface area contributed by atoms with Gasteiger partial charge in [0.2, 0.25) is 0 Å². The fourth-order valence-electron chi connectivity index (χ4n) is 3.37. The third kappa shape index (κ3) is 2.05. The van der Waals surface area contributed by atoms with Crippen LogP contribution in [0.1, 0.15) is 23.6 Å². The van der Waals surface area contributed by atoms with E-state index in [1.807, 2.05) is 43.3 Å². The minimum atomic E-state index is -0.382. The first-order chi connectivity index (χ1) is 11.6. The number of aryl methyl sites for hydroxylation is 1. The predicted octanol–water partition coefficient (Wildman–Crippen LogP) is 2.84. The number of ether oxygens (including phenoxy) is 1. The number of esters is 1. The van der Waals surface area contributed by atoms with Gasteiger partial charge in [-0.2, -0.15) is 0 Å². The van der Waals surface area contributed by atoms with Gasteiger partial charge in [-0.3, -0.25) is 14.2 Å². The average Bonchev–Trinajstić information content (AvgIpc) is 2.88. The van der Waals surface area contributed by atoms with Crippen LogP contribution < -0.4 is 5.56 Å². The van der Waals surface area contributed by atoms with Crippen LogP contribution in [0.2, 0.25) is 0 Å². The van der Waals surface area contributed by atoms with E-state index in [-0.39, 0.29) is 24.0 Å². The zero-order valence-electron chi connectivity index (χ0n) is 13.4. The van der Waals surface area contributed by atoms with Crippen LogP contribution in [0.4, 0.5) is 0 Å². The Morgan fingerprint density at radius 3 is 2.83 bits per heavy atom. The van der Waals surface area contributed by atoms with Gasteiger partial charge in [-0.1, -0.05) is 35.9 Å². The van der Waals surface area contributed by atoms with E-state index in [0.717, 1.165) is 16.7 Å². The molecular formula is C19H16N2O3. The van der Waals surface area contributed by atoms with Crippen LogP contribution >= 0.6 is 0 Å². The van der Waals surface area contributed by atoms with Crippen molar-refractivity contribution in [2.45, 2.75) is 19.4 Å². The zero-order chi connectivity index (χ0) is 16.8. The summed E-state index contributed by atoms with van der Waals surface area (Å²) in [7, 11) is 1.36. The fourth-order valence-corrected chi connectivity index (χ4v) is 3.37. The molecule has 5 nitrogen and oxygen atoms in total. The summed E-state index contributed by atoms with van der Waals surface area (Å²) in [5.41, 5.74) is 3.46. The second kappa shape index (κ2) is 5.30. The quantitative estimate of drug-likeness (QED) is 0.681. The number of para-hydroxylation sites is 1.